The average molecular weight is 199 g/mol. The van der Waals surface area contributed by atoms with Crippen molar-refractivity contribution in [1.82, 2.24) is 5.32 Å². The molecule has 3 N–H and O–H groups in total. The number of furan rings is 1. The normalized spacial score (nSPS) is 11.1. The molecular weight excluding hydrogens is 182 g/mol. The smallest absolute Gasteiger partial charge is 0.105 e. The third-order valence-corrected chi connectivity index (χ3v) is 2.04. The molecule has 0 bridgehead atoms. The highest BCUT2D eigenvalue weighted by Gasteiger charge is 2.04. The molecule has 1 aromatic heterocycles. The van der Waals surface area contributed by atoms with Crippen molar-refractivity contribution in [3.63, 3.8) is 0 Å². The lowest BCUT2D eigenvalue weighted by atomic mass is 10.3. The average Bonchev–Trinajstić information content (AvgIpc) is 2.59. The molecule has 14 heavy (non-hydrogen) atoms. The van der Waals surface area contributed by atoms with Gasteiger partial charge in [0.15, 0.2) is 0 Å². The van der Waals surface area contributed by atoms with Crippen LogP contribution in [0.2, 0.25) is 0 Å². The van der Waals surface area contributed by atoms with E-state index in [9.17, 15) is 0 Å². The van der Waals surface area contributed by atoms with Crippen LogP contribution in [0.3, 0.4) is 0 Å². The van der Waals surface area contributed by atoms with E-state index in [-0.39, 0.29) is 19.3 Å². The van der Waals surface area contributed by atoms with Crippen LogP contribution in [0.1, 0.15) is 11.5 Å². The molecule has 0 spiro atoms. The molecule has 1 heterocycles. The molecule has 0 saturated carbocycles. The van der Waals surface area contributed by atoms with E-state index in [1.54, 1.807) is 0 Å². The molecule has 0 aliphatic heterocycles. The van der Waals surface area contributed by atoms with Crippen molar-refractivity contribution in [2.75, 3.05) is 19.8 Å². The van der Waals surface area contributed by atoms with Crippen LogP contribution in [0.15, 0.2) is 16.5 Å². The van der Waals surface area contributed by atoms with Crippen molar-refractivity contribution in [2.45, 2.75) is 19.4 Å². The first-order chi connectivity index (χ1) is 6.76. The molecule has 80 valence electrons. The fourth-order valence-corrected chi connectivity index (χ4v) is 1.21. The third kappa shape index (κ3) is 3.49. The Morgan fingerprint density at radius 3 is 2.57 bits per heavy atom. The molecule has 0 unspecified atom stereocenters. The Hall–Kier alpha value is -0.840. The van der Waals surface area contributed by atoms with Gasteiger partial charge in [0.2, 0.25) is 0 Å². The van der Waals surface area contributed by atoms with Gasteiger partial charge in [-0.2, -0.15) is 0 Å². The van der Waals surface area contributed by atoms with E-state index < -0.39 is 0 Å². The predicted octanol–water partition coefficient (Wildman–Crippen LogP) is 0.0733. The molecule has 4 nitrogen and oxygen atoms in total. The molecule has 1 rings (SSSR count). The van der Waals surface area contributed by atoms with Crippen LogP contribution in [0.25, 0.3) is 0 Å². The fourth-order valence-electron chi connectivity index (χ4n) is 1.21. The summed E-state index contributed by atoms with van der Waals surface area (Å²) in [6.07, 6.45) is 0.768. The molecule has 0 radical (unpaired) electrons. The van der Waals surface area contributed by atoms with Crippen LogP contribution in [0.5, 0.6) is 0 Å². The zero-order valence-corrected chi connectivity index (χ0v) is 8.36. The first-order valence-corrected chi connectivity index (χ1v) is 4.76. The molecule has 0 atom stereocenters. The quantitative estimate of drug-likeness (QED) is 0.606. The summed E-state index contributed by atoms with van der Waals surface area (Å²) in [5, 5.41) is 20.6. The van der Waals surface area contributed by atoms with Gasteiger partial charge in [-0.1, -0.05) is 0 Å². The second-order valence-corrected chi connectivity index (χ2v) is 3.28. The molecule has 0 fully saturated rings. The van der Waals surface area contributed by atoms with Gasteiger partial charge in [-0.25, -0.2) is 0 Å². The summed E-state index contributed by atoms with van der Waals surface area (Å²) in [5.41, 5.74) is 0. The number of aryl methyl sites for hydroxylation is 1. The maximum Gasteiger partial charge on any atom is 0.105 e. The van der Waals surface area contributed by atoms with E-state index in [1.165, 1.54) is 0 Å². The van der Waals surface area contributed by atoms with E-state index in [4.69, 9.17) is 14.6 Å². The number of aliphatic hydroxyl groups is 2. The van der Waals surface area contributed by atoms with Crippen LogP contribution in [-0.2, 0) is 6.42 Å². The van der Waals surface area contributed by atoms with Crippen LogP contribution >= 0.6 is 0 Å². The van der Waals surface area contributed by atoms with Crippen molar-refractivity contribution >= 4 is 0 Å². The van der Waals surface area contributed by atoms with Gasteiger partial charge in [-0.15, -0.1) is 0 Å². The van der Waals surface area contributed by atoms with Gasteiger partial charge in [-0.3, -0.25) is 0 Å². The summed E-state index contributed by atoms with van der Waals surface area (Å²) in [7, 11) is 0. The van der Waals surface area contributed by atoms with Crippen molar-refractivity contribution < 1.29 is 14.6 Å². The van der Waals surface area contributed by atoms with Gasteiger partial charge in [0.05, 0.1) is 19.3 Å². The highest BCUT2D eigenvalue weighted by atomic mass is 16.3. The monoisotopic (exact) mass is 199 g/mol. The van der Waals surface area contributed by atoms with Crippen molar-refractivity contribution in [3.05, 3.63) is 23.7 Å². The predicted molar refractivity (Wildman–Crippen MR) is 53.1 cm³/mol. The molecule has 0 amide bonds. The van der Waals surface area contributed by atoms with E-state index >= 15 is 0 Å². The summed E-state index contributed by atoms with van der Waals surface area (Å²) >= 11 is 0. The molecule has 0 aromatic carbocycles. The zero-order valence-electron chi connectivity index (χ0n) is 8.36. The van der Waals surface area contributed by atoms with Gasteiger partial charge >= 0.3 is 0 Å². The fraction of sp³-hybridized carbons (Fsp3) is 0.600. The Balaban J connectivity index is 2.21. The minimum absolute atomic E-state index is 0.0479. The van der Waals surface area contributed by atoms with E-state index in [0.717, 1.165) is 17.9 Å². The van der Waals surface area contributed by atoms with Crippen molar-refractivity contribution in [1.29, 1.82) is 0 Å². The van der Waals surface area contributed by atoms with E-state index in [1.807, 2.05) is 19.1 Å². The first kappa shape index (κ1) is 11.2. The minimum atomic E-state index is -0.231. The number of rotatable bonds is 6. The van der Waals surface area contributed by atoms with Gasteiger partial charge in [-0.05, 0) is 19.1 Å². The van der Waals surface area contributed by atoms with Gasteiger partial charge in [0, 0.05) is 13.0 Å². The highest BCUT2D eigenvalue weighted by molar-refractivity contribution is 5.05. The topological polar surface area (TPSA) is 65.6 Å². The molecule has 4 heteroatoms. The number of aliphatic hydroxyl groups excluding tert-OH is 2. The van der Waals surface area contributed by atoms with Gasteiger partial charge < -0.3 is 19.9 Å². The minimum Gasteiger partial charge on any atom is -0.466 e. The number of nitrogens with one attached hydrogen (secondary N) is 1. The highest BCUT2D eigenvalue weighted by Crippen LogP contribution is 2.05. The Morgan fingerprint density at radius 1 is 1.36 bits per heavy atom. The lowest BCUT2D eigenvalue weighted by Gasteiger charge is -2.11. The van der Waals surface area contributed by atoms with Gasteiger partial charge in [0.25, 0.3) is 0 Å². The Morgan fingerprint density at radius 2 is 2.07 bits per heavy atom. The maximum absolute atomic E-state index is 8.78. The zero-order chi connectivity index (χ0) is 10.4. The van der Waals surface area contributed by atoms with Gasteiger partial charge in [0.1, 0.15) is 11.5 Å². The van der Waals surface area contributed by atoms with E-state index in [2.05, 4.69) is 5.32 Å². The van der Waals surface area contributed by atoms with Crippen LogP contribution < -0.4 is 5.32 Å². The lowest BCUT2D eigenvalue weighted by molar-refractivity contribution is 0.171. The Labute approximate surface area is 83.6 Å². The SMILES string of the molecule is Cc1ccc(CCNC(CO)CO)o1. The summed E-state index contributed by atoms with van der Waals surface area (Å²) in [5.74, 6) is 1.82. The third-order valence-electron chi connectivity index (χ3n) is 2.04. The second-order valence-electron chi connectivity index (χ2n) is 3.28. The summed E-state index contributed by atoms with van der Waals surface area (Å²) in [6.45, 7) is 2.50. The van der Waals surface area contributed by atoms with Crippen molar-refractivity contribution in [3.8, 4) is 0 Å². The maximum atomic E-state index is 8.78. The second kappa shape index (κ2) is 5.80. The lowest BCUT2D eigenvalue weighted by Crippen LogP contribution is -2.36. The summed E-state index contributed by atoms with van der Waals surface area (Å²) in [6, 6.07) is 3.63. The Bertz CT molecular complexity index is 256. The van der Waals surface area contributed by atoms with Crippen LogP contribution in [-0.4, -0.2) is 36.0 Å². The molecule has 0 aliphatic carbocycles. The molecular formula is C10H17NO3. The molecule has 0 aliphatic rings. The number of hydrogen-bond donors (Lipinski definition) is 3. The molecule has 1 aromatic rings. The summed E-state index contributed by atoms with van der Waals surface area (Å²) < 4.78 is 5.37. The largest absolute Gasteiger partial charge is 0.466 e. The van der Waals surface area contributed by atoms with E-state index in [0.29, 0.717) is 6.54 Å². The van der Waals surface area contributed by atoms with Crippen LogP contribution in [0, 0.1) is 6.92 Å². The Kier molecular flexibility index (Phi) is 4.65. The van der Waals surface area contributed by atoms with Crippen LogP contribution in [0.4, 0.5) is 0 Å². The first-order valence-electron chi connectivity index (χ1n) is 4.76. The number of hydrogen-bond acceptors (Lipinski definition) is 4. The standard InChI is InChI=1S/C10H17NO3/c1-8-2-3-10(14-8)4-5-11-9(6-12)7-13/h2-3,9,11-13H,4-7H2,1H3. The molecule has 0 saturated heterocycles. The summed E-state index contributed by atoms with van der Waals surface area (Å²) in [4.78, 5) is 0. The van der Waals surface area contributed by atoms with Crippen molar-refractivity contribution in [2.24, 2.45) is 0 Å².